The van der Waals surface area contributed by atoms with E-state index >= 15 is 0 Å². The van der Waals surface area contributed by atoms with Gasteiger partial charge >= 0.3 is 0 Å². The molecule has 94 valence electrons. The largest absolute Gasteiger partial charge is 0.354 e. The standard InChI is InChI=1S/C14H23N3/c1-3-7-17(13-5-6-13)14-9-11(10-15)8-12(4-2)16-14/h8-9,13H,3-7,10,15H2,1-2H3. The van der Waals surface area contributed by atoms with E-state index in [1.54, 1.807) is 0 Å². The van der Waals surface area contributed by atoms with E-state index in [0.717, 1.165) is 30.5 Å². The Labute approximate surface area is 104 Å². The van der Waals surface area contributed by atoms with Crippen molar-refractivity contribution in [3.8, 4) is 0 Å². The highest BCUT2D eigenvalue weighted by Gasteiger charge is 2.29. The van der Waals surface area contributed by atoms with Gasteiger partial charge in [-0.05, 0) is 43.4 Å². The summed E-state index contributed by atoms with van der Waals surface area (Å²) in [6, 6.07) is 5.01. The normalized spacial score (nSPS) is 15.0. The molecule has 0 saturated heterocycles. The first kappa shape index (κ1) is 12.4. The SMILES string of the molecule is CCCN(c1cc(CN)cc(CC)n1)C1CC1. The summed E-state index contributed by atoms with van der Waals surface area (Å²) in [5, 5.41) is 0. The van der Waals surface area contributed by atoms with E-state index in [9.17, 15) is 0 Å². The Bertz CT molecular complexity index is 349. The van der Waals surface area contributed by atoms with E-state index < -0.39 is 0 Å². The summed E-state index contributed by atoms with van der Waals surface area (Å²) in [4.78, 5) is 7.21. The van der Waals surface area contributed by atoms with Crippen LogP contribution in [0, 0.1) is 0 Å². The minimum Gasteiger partial charge on any atom is -0.354 e. The molecule has 1 heterocycles. The van der Waals surface area contributed by atoms with Crippen LogP contribution in [0.15, 0.2) is 12.1 Å². The van der Waals surface area contributed by atoms with Crippen molar-refractivity contribution in [2.24, 2.45) is 5.73 Å². The zero-order chi connectivity index (χ0) is 12.3. The van der Waals surface area contributed by atoms with E-state index in [1.165, 1.54) is 24.8 Å². The predicted octanol–water partition coefficient (Wildman–Crippen LogP) is 2.48. The molecule has 1 saturated carbocycles. The third kappa shape index (κ3) is 2.97. The maximum atomic E-state index is 5.76. The molecule has 3 nitrogen and oxygen atoms in total. The van der Waals surface area contributed by atoms with Crippen molar-refractivity contribution < 1.29 is 0 Å². The second-order valence-corrected chi connectivity index (χ2v) is 4.81. The van der Waals surface area contributed by atoms with Crippen LogP contribution in [0.1, 0.15) is 44.4 Å². The molecule has 1 aliphatic carbocycles. The zero-order valence-corrected chi connectivity index (χ0v) is 10.9. The average molecular weight is 233 g/mol. The fourth-order valence-electron chi connectivity index (χ4n) is 2.19. The van der Waals surface area contributed by atoms with Gasteiger partial charge in [0.25, 0.3) is 0 Å². The van der Waals surface area contributed by atoms with Crippen molar-refractivity contribution in [3.05, 3.63) is 23.4 Å². The molecule has 17 heavy (non-hydrogen) atoms. The summed E-state index contributed by atoms with van der Waals surface area (Å²) in [5.74, 6) is 1.13. The van der Waals surface area contributed by atoms with Crippen LogP contribution in [0.2, 0.25) is 0 Å². The van der Waals surface area contributed by atoms with Gasteiger partial charge in [-0.2, -0.15) is 0 Å². The summed E-state index contributed by atoms with van der Waals surface area (Å²) in [6.45, 7) is 6.08. The Morgan fingerprint density at radius 3 is 2.65 bits per heavy atom. The molecule has 3 heteroatoms. The van der Waals surface area contributed by atoms with Crippen molar-refractivity contribution in [2.75, 3.05) is 11.4 Å². The fraction of sp³-hybridized carbons (Fsp3) is 0.643. The van der Waals surface area contributed by atoms with E-state index in [2.05, 4.69) is 30.9 Å². The summed E-state index contributed by atoms with van der Waals surface area (Å²) in [7, 11) is 0. The second-order valence-electron chi connectivity index (χ2n) is 4.81. The van der Waals surface area contributed by atoms with Gasteiger partial charge in [-0.3, -0.25) is 0 Å². The number of hydrogen-bond donors (Lipinski definition) is 1. The van der Waals surface area contributed by atoms with Gasteiger partial charge in [-0.15, -0.1) is 0 Å². The van der Waals surface area contributed by atoms with E-state index in [1.807, 2.05) is 0 Å². The number of aryl methyl sites for hydroxylation is 1. The lowest BCUT2D eigenvalue weighted by atomic mass is 10.2. The van der Waals surface area contributed by atoms with Gasteiger partial charge in [0.1, 0.15) is 5.82 Å². The minimum atomic E-state index is 0.604. The molecule has 1 aromatic rings. The quantitative estimate of drug-likeness (QED) is 0.820. The predicted molar refractivity (Wildman–Crippen MR) is 72.2 cm³/mol. The first-order chi connectivity index (χ1) is 8.28. The number of nitrogens with zero attached hydrogens (tertiary/aromatic N) is 2. The van der Waals surface area contributed by atoms with Crippen molar-refractivity contribution in [1.29, 1.82) is 0 Å². The summed E-state index contributed by atoms with van der Waals surface area (Å²) < 4.78 is 0. The fourth-order valence-corrected chi connectivity index (χ4v) is 2.19. The molecule has 0 radical (unpaired) electrons. The molecule has 0 aromatic carbocycles. The zero-order valence-electron chi connectivity index (χ0n) is 10.9. The average Bonchev–Trinajstić information content (AvgIpc) is 3.19. The summed E-state index contributed by atoms with van der Waals surface area (Å²) in [6.07, 6.45) is 4.78. The maximum absolute atomic E-state index is 5.76. The molecule has 2 N–H and O–H groups in total. The Hall–Kier alpha value is -1.09. The lowest BCUT2D eigenvalue weighted by molar-refractivity contribution is 0.745. The third-order valence-electron chi connectivity index (χ3n) is 3.27. The number of anilines is 1. The van der Waals surface area contributed by atoms with Crippen LogP contribution in [0.4, 0.5) is 5.82 Å². The van der Waals surface area contributed by atoms with Crippen molar-refractivity contribution in [3.63, 3.8) is 0 Å². The van der Waals surface area contributed by atoms with Crippen LogP contribution in [-0.2, 0) is 13.0 Å². The van der Waals surface area contributed by atoms with Gasteiger partial charge in [0, 0.05) is 24.8 Å². The summed E-state index contributed by atoms with van der Waals surface area (Å²) in [5.41, 5.74) is 8.12. The van der Waals surface area contributed by atoms with Crippen LogP contribution in [0.5, 0.6) is 0 Å². The Balaban J connectivity index is 2.27. The van der Waals surface area contributed by atoms with Crippen LogP contribution in [0.3, 0.4) is 0 Å². The van der Waals surface area contributed by atoms with Crippen molar-refractivity contribution >= 4 is 5.82 Å². The highest BCUT2D eigenvalue weighted by atomic mass is 15.2. The van der Waals surface area contributed by atoms with E-state index in [4.69, 9.17) is 10.7 Å². The van der Waals surface area contributed by atoms with E-state index in [-0.39, 0.29) is 0 Å². The lowest BCUT2D eigenvalue weighted by Gasteiger charge is -2.24. The molecule has 0 bridgehead atoms. The van der Waals surface area contributed by atoms with Gasteiger partial charge in [0.2, 0.25) is 0 Å². The number of nitrogens with two attached hydrogens (primary N) is 1. The molecule has 1 aliphatic rings. The number of aromatic nitrogens is 1. The lowest BCUT2D eigenvalue weighted by Crippen LogP contribution is -2.27. The van der Waals surface area contributed by atoms with Crippen LogP contribution >= 0.6 is 0 Å². The Kier molecular flexibility index (Phi) is 4.00. The molecule has 0 atom stereocenters. The van der Waals surface area contributed by atoms with Crippen LogP contribution < -0.4 is 10.6 Å². The molecule has 0 spiro atoms. The highest BCUT2D eigenvalue weighted by Crippen LogP contribution is 2.31. The van der Waals surface area contributed by atoms with E-state index in [0.29, 0.717) is 6.54 Å². The van der Waals surface area contributed by atoms with Crippen LogP contribution in [-0.4, -0.2) is 17.6 Å². The molecular formula is C14H23N3. The molecule has 2 rings (SSSR count). The van der Waals surface area contributed by atoms with Crippen molar-refractivity contribution in [2.45, 2.75) is 52.1 Å². The Morgan fingerprint density at radius 1 is 1.35 bits per heavy atom. The van der Waals surface area contributed by atoms with Crippen LogP contribution in [0.25, 0.3) is 0 Å². The van der Waals surface area contributed by atoms with Gasteiger partial charge < -0.3 is 10.6 Å². The molecule has 0 unspecified atom stereocenters. The molecule has 0 aliphatic heterocycles. The van der Waals surface area contributed by atoms with Gasteiger partial charge in [0.15, 0.2) is 0 Å². The molecular weight excluding hydrogens is 210 g/mol. The highest BCUT2D eigenvalue weighted by molar-refractivity contribution is 5.45. The number of pyridine rings is 1. The minimum absolute atomic E-state index is 0.604. The topological polar surface area (TPSA) is 42.1 Å². The van der Waals surface area contributed by atoms with Gasteiger partial charge in [-0.1, -0.05) is 13.8 Å². The van der Waals surface area contributed by atoms with Crippen molar-refractivity contribution in [1.82, 2.24) is 4.98 Å². The number of rotatable bonds is 6. The first-order valence-corrected chi connectivity index (χ1v) is 6.75. The smallest absolute Gasteiger partial charge is 0.129 e. The molecule has 1 fully saturated rings. The van der Waals surface area contributed by atoms with Gasteiger partial charge in [0.05, 0.1) is 0 Å². The third-order valence-corrected chi connectivity index (χ3v) is 3.27. The molecule has 1 aromatic heterocycles. The maximum Gasteiger partial charge on any atom is 0.129 e. The first-order valence-electron chi connectivity index (χ1n) is 6.75. The Morgan fingerprint density at radius 2 is 2.12 bits per heavy atom. The monoisotopic (exact) mass is 233 g/mol. The second kappa shape index (κ2) is 5.50. The summed E-state index contributed by atoms with van der Waals surface area (Å²) >= 11 is 0. The number of hydrogen-bond acceptors (Lipinski definition) is 3. The molecule has 0 amide bonds. The van der Waals surface area contributed by atoms with Gasteiger partial charge in [-0.25, -0.2) is 4.98 Å².